The Bertz CT molecular complexity index is 445. The van der Waals surface area contributed by atoms with Crippen LogP contribution in [0.15, 0.2) is 0 Å². The molecule has 0 radical (unpaired) electrons. The number of carbonyl (C=O) groups excluding carboxylic acids is 1. The molecular formula is C12H21NO5S. The summed E-state index contributed by atoms with van der Waals surface area (Å²) in [5.41, 5.74) is 0. The molecule has 1 rings (SSSR count). The van der Waals surface area contributed by atoms with E-state index in [1.54, 1.807) is 6.92 Å². The minimum Gasteiger partial charge on any atom is -0.480 e. The number of rotatable bonds is 6. The normalized spacial score (nSPS) is 22.9. The van der Waals surface area contributed by atoms with Crippen molar-refractivity contribution in [1.82, 2.24) is 4.90 Å². The molecule has 2 unspecified atom stereocenters. The largest absolute Gasteiger partial charge is 0.480 e. The molecule has 1 heterocycles. The molecule has 1 aliphatic heterocycles. The molecule has 2 atom stereocenters. The maximum Gasteiger partial charge on any atom is 0.323 e. The Kier molecular flexibility index (Phi) is 5.34. The molecule has 1 aliphatic rings. The van der Waals surface area contributed by atoms with Gasteiger partial charge in [0.2, 0.25) is 5.91 Å². The molecule has 1 fully saturated rings. The van der Waals surface area contributed by atoms with Crippen LogP contribution in [0.25, 0.3) is 0 Å². The van der Waals surface area contributed by atoms with Crippen molar-refractivity contribution in [3.63, 3.8) is 0 Å². The third-order valence-electron chi connectivity index (χ3n) is 3.54. The first kappa shape index (κ1) is 15.9. The summed E-state index contributed by atoms with van der Waals surface area (Å²) in [6.07, 6.45) is 1.29. The van der Waals surface area contributed by atoms with E-state index in [1.807, 2.05) is 6.92 Å². The van der Waals surface area contributed by atoms with E-state index in [-0.39, 0.29) is 42.3 Å². The third kappa shape index (κ3) is 4.81. The highest BCUT2D eigenvalue weighted by Gasteiger charge is 2.31. The molecule has 7 heteroatoms. The molecule has 0 aromatic rings. The summed E-state index contributed by atoms with van der Waals surface area (Å²) in [4.78, 5) is 24.2. The summed E-state index contributed by atoms with van der Waals surface area (Å²) in [6, 6.07) is -0.151. The van der Waals surface area contributed by atoms with Crippen LogP contribution in [0.3, 0.4) is 0 Å². The van der Waals surface area contributed by atoms with E-state index in [4.69, 9.17) is 5.11 Å². The van der Waals surface area contributed by atoms with Gasteiger partial charge in [0.15, 0.2) is 9.84 Å². The molecule has 0 bridgehead atoms. The first-order valence-corrected chi connectivity index (χ1v) is 8.29. The van der Waals surface area contributed by atoms with E-state index in [9.17, 15) is 18.0 Å². The molecule has 0 saturated carbocycles. The minimum atomic E-state index is -3.00. The van der Waals surface area contributed by atoms with Crippen LogP contribution in [0, 0.1) is 5.92 Å². The van der Waals surface area contributed by atoms with Gasteiger partial charge in [-0.3, -0.25) is 9.59 Å². The minimum absolute atomic E-state index is 0.0418. The number of hydrogen-bond donors (Lipinski definition) is 1. The zero-order valence-electron chi connectivity index (χ0n) is 11.3. The highest BCUT2D eigenvalue weighted by molar-refractivity contribution is 7.91. The van der Waals surface area contributed by atoms with Gasteiger partial charge in [-0.2, -0.15) is 0 Å². The van der Waals surface area contributed by atoms with Gasteiger partial charge >= 0.3 is 5.97 Å². The predicted octanol–water partition coefficient (Wildman–Crippen LogP) is 0.523. The monoisotopic (exact) mass is 291 g/mol. The van der Waals surface area contributed by atoms with Crippen LogP contribution < -0.4 is 0 Å². The van der Waals surface area contributed by atoms with Gasteiger partial charge in [-0.15, -0.1) is 0 Å². The maximum atomic E-state index is 12.1. The van der Waals surface area contributed by atoms with Crippen molar-refractivity contribution in [2.45, 2.75) is 39.2 Å². The van der Waals surface area contributed by atoms with Crippen molar-refractivity contribution in [2.75, 3.05) is 18.1 Å². The Morgan fingerprint density at radius 1 is 1.42 bits per heavy atom. The number of nitrogens with zero attached hydrogens (tertiary/aromatic N) is 1. The first-order valence-electron chi connectivity index (χ1n) is 6.47. The average Bonchev–Trinajstić information content (AvgIpc) is 2.64. The van der Waals surface area contributed by atoms with E-state index in [0.717, 1.165) is 0 Å². The van der Waals surface area contributed by atoms with Gasteiger partial charge in [-0.1, -0.05) is 6.92 Å². The Hall–Kier alpha value is -1.11. The molecule has 0 aromatic carbocycles. The SMILES string of the molecule is CCC(C)N(CC(=O)O)C(=O)CC1CCS(=O)(=O)C1. The van der Waals surface area contributed by atoms with Crippen LogP contribution in [0.5, 0.6) is 0 Å². The molecule has 0 aliphatic carbocycles. The van der Waals surface area contributed by atoms with Gasteiger partial charge in [-0.05, 0) is 25.7 Å². The van der Waals surface area contributed by atoms with Gasteiger partial charge in [-0.25, -0.2) is 8.42 Å². The summed E-state index contributed by atoms with van der Waals surface area (Å²) in [6.45, 7) is 3.35. The number of carboxylic acid groups (broad SMARTS) is 1. The molecule has 1 saturated heterocycles. The van der Waals surface area contributed by atoms with Gasteiger partial charge in [0.25, 0.3) is 0 Å². The molecule has 19 heavy (non-hydrogen) atoms. The lowest BCUT2D eigenvalue weighted by molar-refractivity contribution is -0.146. The van der Waals surface area contributed by atoms with Crippen molar-refractivity contribution < 1.29 is 23.1 Å². The lowest BCUT2D eigenvalue weighted by atomic mass is 10.0. The topological polar surface area (TPSA) is 91.8 Å². The molecular weight excluding hydrogens is 270 g/mol. The second-order valence-corrected chi connectivity index (χ2v) is 7.37. The van der Waals surface area contributed by atoms with E-state index < -0.39 is 15.8 Å². The summed E-state index contributed by atoms with van der Waals surface area (Å²) < 4.78 is 22.7. The van der Waals surface area contributed by atoms with Gasteiger partial charge in [0.1, 0.15) is 6.54 Å². The third-order valence-corrected chi connectivity index (χ3v) is 5.38. The standard InChI is InChI=1S/C12H21NO5S/c1-3-9(2)13(7-12(15)16)11(14)6-10-4-5-19(17,18)8-10/h9-10H,3-8H2,1-2H3,(H,15,16). The number of sulfone groups is 1. The number of amides is 1. The van der Waals surface area contributed by atoms with Crippen LogP contribution in [0.2, 0.25) is 0 Å². The summed E-state index contributed by atoms with van der Waals surface area (Å²) >= 11 is 0. The maximum absolute atomic E-state index is 12.1. The summed E-state index contributed by atoms with van der Waals surface area (Å²) in [5.74, 6) is -1.31. The molecule has 6 nitrogen and oxygen atoms in total. The second kappa shape index (κ2) is 6.36. The zero-order valence-corrected chi connectivity index (χ0v) is 12.1. The van der Waals surface area contributed by atoms with Crippen LogP contribution >= 0.6 is 0 Å². The Morgan fingerprint density at radius 2 is 2.05 bits per heavy atom. The highest BCUT2D eigenvalue weighted by Crippen LogP contribution is 2.23. The van der Waals surface area contributed by atoms with Crippen molar-refractivity contribution in [1.29, 1.82) is 0 Å². The zero-order chi connectivity index (χ0) is 14.6. The Morgan fingerprint density at radius 3 is 2.47 bits per heavy atom. The van der Waals surface area contributed by atoms with Crippen LogP contribution in [0.4, 0.5) is 0 Å². The molecule has 1 amide bonds. The summed E-state index contributed by atoms with van der Waals surface area (Å²) in [7, 11) is -3.00. The number of carbonyl (C=O) groups is 2. The molecule has 1 N–H and O–H groups in total. The molecule has 110 valence electrons. The number of aliphatic carboxylic acids is 1. The fraction of sp³-hybridized carbons (Fsp3) is 0.833. The fourth-order valence-electron chi connectivity index (χ4n) is 2.25. The predicted molar refractivity (Wildman–Crippen MR) is 70.5 cm³/mol. The lowest BCUT2D eigenvalue weighted by Gasteiger charge is -2.27. The fourth-order valence-corrected chi connectivity index (χ4v) is 4.12. The first-order chi connectivity index (χ1) is 8.75. The van der Waals surface area contributed by atoms with Crippen molar-refractivity contribution >= 4 is 21.7 Å². The molecule has 0 aromatic heterocycles. The van der Waals surface area contributed by atoms with E-state index in [0.29, 0.717) is 12.8 Å². The lowest BCUT2D eigenvalue weighted by Crippen LogP contribution is -2.42. The van der Waals surface area contributed by atoms with E-state index >= 15 is 0 Å². The second-order valence-electron chi connectivity index (χ2n) is 5.15. The van der Waals surface area contributed by atoms with Crippen molar-refractivity contribution in [3.05, 3.63) is 0 Å². The Balaban J connectivity index is 2.64. The summed E-state index contributed by atoms with van der Waals surface area (Å²) in [5, 5.41) is 8.83. The number of hydrogen-bond acceptors (Lipinski definition) is 4. The smallest absolute Gasteiger partial charge is 0.323 e. The van der Waals surface area contributed by atoms with Gasteiger partial charge < -0.3 is 10.0 Å². The average molecular weight is 291 g/mol. The molecule has 0 spiro atoms. The van der Waals surface area contributed by atoms with Gasteiger partial charge in [0.05, 0.1) is 11.5 Å². The van der Waals surface area contributed by atoms with Gasteiger partial charge in [0, 0.05) is 12.5 Å². The van der Waals surface area contributed by atoms with Crippen LogP contribution in [0.1, 0.15) is 33.1 Å². The van der Waals surface area contributed by atoms with Crippen LogP contribution in [-0.4, -0.2) is 54.4 Å². The van der Waals surface area contributed by atoms with Crippen molar-refractivity contribution in [3.8, 4) is 0 Å². The van der Waals surface area contributed by atoms with E-state index in [1.165, 1.54) is 4.90 Å². The van der Waals surface area contributed by atoms with E-state index in [2.05, 4.69) is 0 Å². The van der Waals surface area contributed by atoms with Crippen LogP contribution in [-0.2, 0) is 19.4 Å². The van der Waals surface area contributed by atoms with Crippen molar-refractivity contribution in [2.24, 2.45) is 5.92 Å². The quantitative estimate of drug-likeness (QED) is 0.770. The highest BCUT2D eigenvalue weighted by atomic mass is 32.2. The Labute approximate surface area is 113 Å². The number of carboxylic acids is 1.